The Morgan fingerprint density at radius 3 is 3.14 bits per heavy atom. The van der Waals surface area contributed by atoms with E-state index in [1.54, 1.807) is 7.11 Å². The molecule has 0 amide bonds. The summed E-state index contributed by atoms with van der Waals surface area (Å²) in [5.41, 5.74) is 0. The van der Waals surface area contributed by atoms with E-state index in [4.69, 9.17) is 4.74 Å². The minimum Gasteiger partial charge on any atom is -0.377 e. The quantitative estimate of drug-likeness (QED) is 0.435. The first-order valence-corrected chi connectivity index (χ1v) is 9.04. The fourth-order valence-electron chi connectivity index (χ4n) is 2.48. The number of guanidine groups is 1. The summed E-state index contributed by atoms with van der Waals surface area (Å²) in [6.45, 7) is 2.23. The highest BCUT2D eigenvalue weighted by atomic mass is 32.2. The molecule has 1 aromatic heterocycles. The number of ether oxygens (including phenoxy) is 1. The average Bonchev–Trinajstić information content (AvgIpc) is 2.92. The smallest absolute Gasteiger partial charge is 0.191 e. The van der Waals surface area contributed by atoms with Gasteiger partial charge >= 0.3 is 0 Å². The number of nitrogens with zero attached hydrogens (tertiary/aromatic N) is 4. The summed E-state index contributed by atoms with van der Waals surface area (Å²) in [5, 5.41) is 11.3. The fraction of sp³-hybridized carbons (Fsp3) is 0.786. The Bertz CT molecular complexity index is 490. The molecule has 7 nitrogen and oxygen atoms in total. The van der Waals surface area contributed by atoms with E-state index >= 15 is 0 Å². The Hall–Kier alpha value is -1.28. The van der Waals surface area contributed by atoms with E-state index < -0.39 is 0 Å². The van der Waals surface area contributed by atoms with Crippen LogP contribution in [0.5, 0.6) is 0 Å². The first-order chi connectivity index (χ1) is 10.8. The van der Waals surface area contributed by atoms with E-state index in [9.17, 15) is 0 Å². The van der Waals surface area contributed by atoms with Gasteiger partial charge in [-0.05, 0) is 24.9 Å². The monoisotopic (exact) mass is 326 g/mol. The summed E-state index contributed by atoms with van der Waals surface area (Å²) >= 11 is 1.87. The molecule has 0 saturated heterocycles. The second-order valence-electron chi connectivity index (χ2n) is 5.28. The molecule has 2 heterocycles. The van der Waals surface area contributed by atoms with Crippen molar-refractivity contribution in [2.24, 2.45) is 4.99 Å². The SMILES string of the molecule is CN=C(NCCCSC)NC1CCc2nc(COC)nn2C1. The lowest BCUT2D eigenvalue weighted by atomic mass is 10.1. The molecule has 124 valence electrons. The second-order valence-corrected chi connectivity index (χ2v) is 6.27. The number of rotatable bonds is 7. The number of aromatic nitrogens is 3. The second kappa shape index (κ2) is 8.99. The Morgan fingerprint density at radius 1 is 1.55 bits per heavy atom. The van der Waals surface area contributed by atoms with Crippen molar-refractivity contribution in [3.05, 3.63) is 11.6 Å². The molecule has 1 atom stereocenters. The van der Waals surface area contributed by atoms with Gasteiger partial charge in [-0.15, -0.1) is 0 Å². The van der Waals surface area contributed by atoms with Crippen molar-refractivity contribution < 1.29 is 4.74 Å². The molecule has 0 saturated carbocycles. The third kappa shape index (κ3) is 4.88. The maximum Gasteiger partial charge on any atom is 0.191 e. The zero-order valence-electron chi connectivity index (χ0n) is 13.6. The van der Waals surface area contributed by atoms with Gasteiger partial charge < -0.3 is 15.4 Å². The molecule has 22 heavy (non-hydrogen) atoms. The molecule has 1 aliphatic heterocycles. The summed E-state index contributed by atoms with van der Waals surface area (Å²) in [6, 6.07) is 0.330. The molecule has 2 rings (SSSR count). The van der Waals surface area contributed by atoms with Crippen LogP contribution in [0.2, 0.25) is 0 Å². The van der Waals surface area contributed by atoms with Gasteiger partial charge in [0.1, 0.15) is 12.4 Å². The van der Waals surface area contributed by atoms with Crippen LogP contribution in [0.25, 0.3) is 0 Å². The predicted molar refractivity (Wildman–Crippen MR) is 90.3 cm³/mol. The number of methoxy groups -OCH3 is 1. The molecule has 2 N–H and O–H groups in total. The first-order valence-electron chi connectivity index (χ1n) is 7.64. The Labute approximate surface area is 136 Å². The van der Waals surface area contributed by atoms with E-state index in [1.165, 1.54) is 0 Å². The van der Waals surface area contributed by atoms with Crippen LogP contribution in [-0.4, -0.2) is 59.5 Å². The van der Waals surface area contributed by atoms with Gasteiger partial charge in [0.15, 0.2) is 11.8 Å². The number of thioether (sulfide) groups is 1. The topological polar surface area (TPSA) is 76.4 Å². The van der Waals surface area contributed by atoms with Gasteiger partial charge in [-0.25, -0.2) is 9.67 Å². The molecule has 0 radical (unpaired) electrons. The molecular weight excluding hydrogens is 300 g/mol. The van der Waals surface area contributed by atoms with Gasteiger partial charge in [-0.1, -0.05) is 0 Å². The van der Waals surface area contributed by atoms with Gasteiger partial charge in [-0.2, -0.15) is 16.9 Å². The summed E-state index contributed by atoms with van der Waals surface area (Å²) in [4.78, 5) is 8.79. The lowest BCUT2D eigenvalue weighted by Crippen LogP contribution is -2.47. The van der Waals surface area contributed by atoms with E-state index in [2.05, 4.69) is 32.0 Å². The average molecular weight is 326 g/mol. The van der Waals surface area contributed by atoms with Gasteiger partial charge in [0.25, 0.3) is 0 Å². The van der Waals surface area contributed by atoms with Crippen LogP contribution < -0.4 is 10.6 Å². The van der Waals surface area contributed by atoms with E-state index in [-0.39, 0.29) is 0 Å². The third-order valence-corrected chi connectivity index (χ3v) is 4.25. The molecule has 1 aliphatic rings. The van der Waals surface area contributed by atoms with Crippen molar-refractivity contribution in [1.82, 2.24) is 25.4 Å². The molecule has 0 fully saturated rings. The van der Waals surface area contributed by atoms with Crippen LogP contribution in [0.4, 0.5) is 0 Å². The lowest BCUT2D eigenvalue weighted by Gasteiger charge is -2.25. The first kappa shape index (κ1) is 17.1. The number of aliphatic imine (C=N–C) groups is 1. The highest BCUT2D eigenvalue weighted by Crippen LogP contribution is 2.13. The molecule has 8 heteroatoms. The number of fused-ring (bicyclic) bond motifs is 1. The van der Waals surface area contributed by atoms with Gasteiger partial charge in [0.05, 0.1) is 6.54 Å². The van der Waals surface area contributed by atoms with Crippen molar-refractivity contribution in [3.63, 3.8) is 0 Å². The number of nitrogens with one attached hydrogen (secondary N) is 2. The minimum atomic E-state index is 0.330. The zero-order chi connectivity index (χ0) is 15.8. The van der Waals surface area contributed by atoms with Crippen LogP contribution >= 0.6 is 11.8 Å². The van der Waals surface area contributed by atoms with E-state index in [1.807, 2.05) is 23.5 Å². The normalized spacial score (nSPS) is 18.1. The highest BCUT2D eigenvalue weighted by Gasteiger charge is 2.22. The summed E-state index contributed by atoms with van der Waals surface area (Å²) in [6.07, 6.45) is 5.23. The number of hydrogen-bond acceptors (Lipinski definition) is 5. The van der Waals surface area contributed by atoms with Crippen LogP contribution in [0.1, 0.15) is 24.5 Å². The van der Waals surface area contributed by atoms with E-state index in [0.29, 0.717) is 12.6 Å². The molecule has 0 bridgehead atoms. The highest BCUT2D eigenvalue weighted by molar-refractivity contribution is 7.98. The standard InChI is InChI=1S/C14H26N6OS/c1-15-14(16-7-4-8-22-3)17-11-5-6-13-18-12(10-21-2)19-20(13)9-11/h11H,4-10H2,1-3H3,(H2,15,16,17). The molecule has 0 aliphatic carbocycles. The Kier molecular flexibility index (Phi) is 6.98. The molecule has 0 spiro atoms. The third-order valence-electron chi connectivity index (χ3n) is 3.56. The molecule has 1 aromatic rings. The van der Waals surface area contributed by atoms with Crippen molar-refractivity contribution >= 4 is 17.7 Å². The summed E-state index contributed by atoms with van der Waals surface area (Å²) < 4.78 is 7.08. The molecule has 1 unspecified atom stereocenters. The largest absolute Gasteiger partial charge is 0.377 e. The lowest BCUT2D eigenvalue weighted by molar-refractivity contribution is 0.177. The van der Waals surface area contributed by atoms with Gasteiger partial charge in [-0.3, -0.25) is 4.99 Å². The predicted octanol–water partition coefficient (Wildman–Crippen LogP) is 0.657. The van der Waals surface area contributed by atoms with Crippen molar-refractivity contribution in [3.8, 4) is 0 Å². The summed E-state index contributed by atoms with van der Waals surface area (Å²) in [7, 11) is 3.47. The maximum atomic E-state index is 5.09. The number of hydrogen-bond donors (Lipinski definition) is 2. The van der Waals surface area contributed by atoms with Crippen molar-refractivity contribution in [2.45, 2.75) is 38.5 Å². The van der Waals surface area contributed by atoms with Crippen LogP contribution in [-0.2, 0) is 24.3 Å². The summed E-state index contributed by atoms with van der Waals surface area (Å²) in [5.74, 6) is 3.84. The van der Waals surface area contributed by atoms with Crippen molar-refractivity contribution in [2.75, 3.05) is 32.7 Å². The minimum absolute atomic E-state index is 0.330. The van der Waals surface area contributed by atoms with Gasteiger partial charge in [0, 0.05) is 33.2 Å². The Balaban J connectivity index is 1.83. The zero-order valence-corrected chi connectivity index (χ0v) is 14.4. The van der Waals surface area contributed by atoms with E-state index in [0.717, 1.165) is 55.7 Å². The number of aryl methyl sites for hydroxylation is 1. The fourth-order valence-corrected chi connectivity index (χ4v) is 2.91. The Morgan fingerprint density at radius 2 is 2.41 bits per heavy atom. The van der Waals surface area contributed by atoms with Crippen LogP contribution in [0.3, 0.4) is 0 Å². The maximum absolute atomic E-state index is 5.09. The van der Waals surface area contributed by atoms with Gasteiger partial charge in [0.2, 0.25) is 0 Å². The van der Waals surface area contributed by atoms with Crippen LogP contribution in [0.15, 0.2) is 4.99 Å². The van der Waals surface area contributed by atoms with Crippen LogP contribution in [0, 0.1) is 0 Å². The van der Waals surface area contributed by atoms with Crippen molar-refractivity contribution in [1.29, 1.82) is 0 Å². The molecular formula is C14H26N6OS. The molecule has 0 aromatic carbocycles.